The van der Waals surface area contributed by atoms with Gasteiger partial charge in [0.25, 0.3) is 0 Å². The van der Waals surface area contributed by atoms with E-state index < -0.39 is 0 Å². The van der Waals surface area contributed by atoms with E-state index in [9.17, 15) is 0 Å². The summed E-state index contributed by atoms with van der Waals surface area (Å²) in [4.78, 5) is 0. The van der Waals surface area contributed by atoms with Crippen LogP contribution in [0, 0.1) is 18.3 Å². The zero-order chi connectivity index (χ0) is 12.1. The highest BCUT2D eigenvalue weighted by Gasteiger charge is 2.03. The molecule has 0 saturated heterocycles. The Morgan fingerprint density at radius 3 is 2.59 bits per heavy atom. The molecule has 0 saturated carbocycles. The monoisotopic (exact) mass is 228 g/mol. The molecule has 0 amide bonds. The maximum absolute atomic E-state index is 8.67. The summed E-state index contributed by atoms with van der Waals surface area (Å²) >= 11 is 0. The fraction of sp³-hybridized carbons (Fsp3) is 0.250. The number of benzene rings is 1. The minimum Gasteiger partial charge on any atom is -0.307 e. The first-order chi connectivity index (χ1) is 8.29. The van der Waals surface area contributed by atoms with Gasteiger partial charge in [-0.1, -0.05) is 22.4 Å². The van der Waals surface area contributed by atoms with Crippen LogP contribution in [0.4, 0.5) is 0 Å². The Morgan fingerprint density at radius 2 is 2.00 bits per heavy atom. The number of aryl methyl sites for hydroxylation is 1. The van der Waals surface area contributed by atoms with Crippen molar-refractivity contribution in [3.8, 4) is 6.07 Å². The minimum absolute atomic E-state index is 0.620. The molecule has 1 heterocycles. The maximum atomic E-state index is 8.67. The van der Waals surface area contributed by atoms with Crippen molar-refractivity contribution in [1.29, 1.82) is 5.26 Å². The molecule has 2 rings (SSSR count). The van der Waals surface area contributed by atoms with E-state index in [-0.39, 0.29) is 0 Å². The van der Waals surface area contributed by atoms with Gasteiger partial charge in [-0.25, -0.2) is 4.63 Å². The van der Waals surface area contributed by atoms with E-state index in [1.807, 2.05) is 19.1 Å². The van der Waals surface area contributed by atoms with Crippen LogP contribution in [0.2, 0.25) is 0 Å². The van der Waals surface area contributed by atoms with Crippen LogP contribution in [0.1, 0.15) is 22.5 Å². The minimum atomic E-state index is 0.620. The van der Waals surface area contributed by atoms with Crippen molar-refractivity contribution in [1.82, 2.24) is 15.6 Å². The molecular formula is C12H12N4O. The number of rotatable bonds is 4. The van der Waals surface area contributed by atoms with Gasteiger partial charge in [0.15, 0.2) is 0 Å². The van der Waals surface area contributed by atoms with Crippen molar-refractivity contribution in [3.05, 3.63) is 46.8 Å². The number of hydrogen-bond acceptors (Lipinski definition) is 5. The summed E-state index contributed by atoms with van der Waals surface area (Å²) in [5.74, 6) is 0. The summed E-state index contributed by atoms with van der Waals surface area (Å²) < 4.78 is 4.60. The van der Waals surface area contributed by atoms with Gasteiger partial charge in [0, 0.05) is 13.1 Å². The van der Waals surface area contributed by atoms with Crippen LogP contribution in [0.3, 0.4) is 0 Å². The number of nitriles is 1. The highest BCUT2D eigenvalue weighted by Crippen LogP contribution is 2.04. The average Bonchev–Trinajstić information content (AvgIpc) is 2.76. The van der Waals surface area contributed by atoms with E-state index in [2.05, 4.69) is 26.3 Å². The van der Waals surface area contributed by atoms with Gasteiger partial charge < -0.3 is 5.32 Å². The molecule has 0 unspecified atom stereocenters. The smallest absolute Gasteiger partial charge is 0.121 e. The van der Waals surface area contributed by atoms with Gasteiger partial charge in [-0.05, 0) is 24.6 Å². The zero-order valence-electron chi connectivity index (χ0n) is 9.47. The fourth-order valence-electron chi connectivity index (χ4n) is 1.43. The first-order valence-electron chi connectivity index (χ1n) is 5.27. The quantitative estimate of drug-likeness (QED) is 0.859. The molecule has 17 heavy (non-hydrogen) atoms. The van der Waals surface area contributed by atoms with E-state index in [0.29, 0.717) is 12.1 Å². The second-order valence-electron chi connectivity index (χ2n) is 3.71. The predicted octanol–water partition coefficient (Wildman–Crippen LogP) is 1.54. The van der Waals surface area contributed by atoms with Crippen molar-refractivity contribution in [2.45, 2.75) is 20.0 Å². The van der Waals surface area contributed by atoms with E-state index in [4.69, 9.17) is 5.26 Å². The van der Waals surface area contributed by atoms with Crippen LogP contribution in [-0.4, -0.2) is 10.3 Å². The molecule has 2 aromatic rings. The molecule has 0 radical (unpaired) electrons. The van der Waals surface area contributed by atoms with Crippen molar-refractivity contribution in [3.63, 3.8) is 0 Å². The van der Waals surface area contributed by atoms with Crippen molar-refractivity contribution in [2.75, 3.05) is 0 Å². The lowest BCUT2D eigenvalue weighted by Gasteiger charge is -2.02. The molecule has 0 bridgehead atoms. The second-order valence-corrected chi connectivity index (χ2v) is 3.71. The van der Waals surface area contributed by atoms with E-state index in [0.717, 1.165) is 23.5 Å². The van der Waals surface area contributed by atoms with Gasteiger partial charge in [-0.3, -0.25) is 0 Å². The van der Waals surface area contributed by atoms with Gasteiger partial charge >= 0.3 is 0 Å². The summed E-state index contributed by atoms with van der Waals surface area (Å²) in [6.07, 6.45) is 0. The van der Waals surface area contributed by atoms with Crippen LogP contribution in [0.25, 0.3) is 0 Å². The third-order valence-corrected chi connectivity index (χ3v) is 2.45. The Hall–Kier alpha value is -2.19. The zero-order valence-corrected chi connectivity index (χ0v) is 9.47. The molecule has 1 aromatic carbocycles. The average molecular weight is 228 g/mol. The largest absolute Gasteiger partial charge is 0.307 e. The standard InChI is InChI=1S/C12H12N4O/c1-9-12(16-17-15-9)8-14-7-11-4-2-10(6-13)3-5-11/h2-5,14H,7-8H2,1H3. The molecule has 86 valence electrons. The number of nitrogens with one attached hydrogen (secondary N) is 1. The summed E-state index contributed by atoms with van der Waals surface area (Å²) in [6.45, 7) is 3.20. The molecule has 1 N–H and O–H groups in total. The van der Waals surface area contributed by atoms with Crippen molar-refractivity contribution >= 4 is 0 Å². The van der Waals surface area contributed by atoms with Crippen LogP contribution in [-0.2, 0) is 13.1 Å². The van der Waals surface area contributed by atoms with Gasteiger partial charge in [-0.15, -0.1) is 0 Å². The Morgan fingerprint density at radius 1 is 1.24 bits per heavy atom. The van der Waals surface area contributed by atoms with Crippen LogP contribution >= 0.6 is 0 Å². The van der Waals surface area contributed by atoms with Gasteiger partial charge in [0.05, 0.1) is 11.6 Å². The maximum Gasteiger partial charge on any atom is 0.121 e. The summed E-state index contributed by atoms with van der Waals surface area (Å²) in [5.41, 5.74) is 3.42. The first-order valence-corrected chi connectivity index (χ1v) is 5.27. The lowest BCUT2D eigenvalue weighted by molar-refractivity contribution is 0.300. The molecule has 0 aliphatic rings. The molecule has 0 aliphatic carbocycles. The molecule has 5 nitrogen and oxygen atoms in total. The molecule has 5 heteroatoms. The lowest BCUT2D eigenvalue weighted by atomic mass is 10.1. The molecule has 0 fully saturated rings. The number of hydrogen-bond donors (Lipinski definition) is 1. The molecular weight excluding hydrogens is 216 g/mol. The summed E-state index contributed by atoms with van der Waals surface area (Å²) in [7, 11) is 0. The Labute approximate surface area is 99.0 Å². The van der Waals surface area contributed by atoms with Crippen LogP contribution in [0.5, 0.6) is 0 Å². The first kappa shape index (κ1) is 11.3. The van der Waals surface area contributed by atoms with E-state index in [1.165, 1.54) is 0 Å². The van der Waals surface area contributed by atoms with Gasteiger partial charge in [-0.2, -0.15) is 5.26 Å². The third kappa shape index (κ3) is 2.89. The van der Waals surface area contributed by atoms with Crippen molar-refractivity contribution < 1.29 is 4.63 Å². The Kier molecular flexibility index (Phi) is 3.48. The Balaban J connectivity index is 1.86. The molecule has 1 aromatic heterocycles. The van der Waals surface area contributed by atoms with Crippen LogP contribution in [0.15, 0.2) is 28.9 Å². The lowest BCUT2D eigenvalue weighted by Crippen LogP contribution is -2.13. The van der Waals surface area contributed by atoms with E-state index in [1.54, 1.807) is 12.1 Å². The van der Waals surface area contributed by atoms with Gasteiger partial charge in [0.1, 0.15) is 11.4 Å². The van der Waals surface area contributed by atoms with Crippen LogP contribution < -0.4 is 5.32 Å². The van der Waals surface area contributed by atoms with Gasteiger partial charge in [0.2, 0.25) is 0 Å². The Bertz CT molecular complexity index is 524. The summed E-state index contributed by atoms with van der Waals surface area (Å²) in [6, 6.07) is 9.56. The van der Waals surface area contributed by atoms with Crippen molar-refractivity contribution in [2.24, 2.45) is 0 Å². The number of aromatic nitrogens is 2. The normalized spacial score (nSPS) is 10.1. The SMILES string of the molecule is Cc1nonc1CNCc1ccc(C#N)cc1. The highest BCUT2D eigenvalue weighted by atomic mass is 16.6. The third-order valence-electron chi connectivity index (χ3n) is 2.45. The second kappa shape index (κ2) is 5.23. The van der Waals surface area contributed by atoms with E-state index >= 15 is 0 Å². The predicted molar refractivity (Wildman–Crippen MR) is 60.7 cm³/mol. The topological polar surface area (TPSA) is 74.7 Å². The fourth-order valence-corrected chi connectivity index (χ4v) is 1.43. The molecule has 0 atom stereocenters. The molecule has 0 spiro atoms. The number of nitrogens with zero attached hydrogens (tertiary/aromatic N) is 3. The summed E-state index contributed by atoms with van der Waals surface area (Å²) in [5, 5.41) is 19.4. The molecule has 0 aliphatic heterocycles. The highest BCUT2D eigenvalue weighted by molar-refractivity contribution is 5.31.